The lowest BCUT2D eigenvalue weighted by Crippen LogP contribution is -2.38. The lowest BCUT2D eigenvalue weighted by molar-refractivity contribution is -0.387. The summed E-state index contributed by atoms with van der Waals surface area (Å²) in [4.78, 5) is 22.7. The average Bonchev–Trinajstić information content (AvgIpc) is 2.34. The summed E-state index contributed by atoms with van der Waals surface area (Å²) >= 11 is 1.33. The van der Waals surface area contributed by atoms with Crippen molar-refractivity contribution in [3.05, 3.63) is 34.4 Å². The number of benzene rings is 1. The van der Waals surface area contributed by atoms with Crippen molar-refractivity contribution in [1.82, 2.24) is 5.32 Å². The third-order valence-corrected chi connectivity index (χ3v) is 3.64. The molecule has 0 aliphatic heterocycles. The maximum absolute atomic E-state index is 11.6. The van der Waals surface area contributed by atoms with Crippen LogP contribution in [0.4, 0.5) is 10.5 Å². The Labute approximate surface area is 128 Å². The summed E-state index contributed by atoms with van der Waals surface area (Å²) in [7, 11) is 0. The Morgan fingerprint density at radius 2 is 2.05 bits per heavy atom. The zero-order chi connectivity index (χ0) is 16.0. The first-order valence-electron chi connectivity index (χ1n) is 6.55. The molecular formula is C14H20N2O4S. The van der Waals surface area contributed by atoms with Crippen LogP contribution in [0.25, 0.3) is 0 Å². The van der Waals surface area contributed by atoms with Crippen LogP contribution in [-0.4, -0.2) is 28.4 Å². The molecule has 0 heterocycles. The average molecular weight is 312 g/mol. The number of nitrogens with one attached hydrogen (secondary N) is 1. The summed E-state index contributed by atoms with van der Waals surface area (Å²) in [5.74, 6) is 0.518. The largest absolute Gasteiger partial charge is 0.444 e. The number of alkyl carbamates (subject to hydrolysis) is 1. The van der Waals surface area contributed by atoms with Crippen LogP contribution in [0.15, 0.2) is 29.2 Å². The first kappa shape index (κ1) is 17.3. The summed E-state index contributed by atoms with van der Waals surface area (Å²) in [5.41, 5.74) is -0.471. The summed E-state index contributed by atoms with van der Waals surface area (Å²) in [6.45, 7) is 7.20. The molecule has 1 atom stereocenters. The first-order valence-corrected chi connectivity index (χ1v) is 7.53. The summed E-state index contributed by atoms with van der Waals surface area (Å²) in [5, 5.41) is 13.6. The van der Waals surface area contributed by atoms with Crippen molar-refractivity contribution in [2.24, 2.45) is 0 Å². The van der Waals surface area contributed by atoms with E-state index in [1.54, 1.807) is 39.0 Å². The van der Waals surface area contributed by atoms with Crippen LogP contribution >= 0.6 is 11.8 Å². The van der Waals surface area contributed by atoms with Crippen LogP contribution in [0.2, 0.25) is 0 Å². The lowest BCUT2D eigenvalue weighted by atomic mass is 10.2. The van der Waals surface area contributed by atoms with Gasteiger partial charge < -0.3 is 10.1 Å². The number of nitrogens with zero attached hydrogens (tertiary/aromatic N) is 1. The molecule has 1 aromatic rings. The minimum Gasteiger partial charge on any atom is -0.444 e. The Hall–Kier alpha value is -1.76. The zero-order valence-electron chi connectivity index (χ0n) is 12.6. The number of thioether (sulfide) groups is 1. The lowest BCUT2D eigenvalue weighted by Gasteiger charge is -2.21. The van der Waals surface area contributed by atoms with E-state index in [0.29, 0.717) is 10.6 Å². The second-order valence-corrected chi connectivity index (χ2v) is 6.64. The molecule has 21 heavy (non-hydrogen) atoms. The normalized spacial score (nSPS) is 12.6. The number of para-hydroxylation sites is 1. The van der Waals surface area contributed by atoms with Crippen molar-refractivity contribution < 1.29 is 14.5 Å². The summed E-state index contributed by atoms with van der Waals surface area (Å²) in [6.07, 6.45) is -0.488. The van der Waals surface area contributed by atoms with Gasteiger partial charge in [-0.3, -0.25) is 10.1 Å². The van der Waals surface area contributed by atoms with E-state index < -0.39 is 16.6 Å². The zero-order valence-corrected chi connectivity index (χ0v) is 13.4. The van der Waals surface area contributed by atoms with Crippen LogP contribution in [0.1, 0.15) is 27.7 Å². The Bertz CT molecular complexity index is 514. The number of amides is 1. The molecule has 1 rings (SSSR count). The van der Waals surface area contributed by atoms with Gasteiger partial charge in [0.1, 0.15) is 5.60 Å². The molecule has 116 valence electrons. The number of rotatable bonds is 5. The van der Waals surface area contributed by atoms with Crippen molar-refractivity contribution in [2.75, 3.05) is 5.75 Å². The van der Waals surface area contributed by atoms with Gasteiger partial charge in [0.15, 0.2) is 0 Å². The number of hydrogen-bond acceptors (Lipinski definition) is 5. The van der Waals surface area contributed by atoms with E-state index in [1.165, 1.54) is 17.8 Å². The van der Waals surface area contributed by atoms with E-state index >= 15 is 0 Å². The number of nitro benzene ring substituents is 1. The molecule has 7 heteroatoms. The molecule has 0 spiro atoms. The molecule has 1 amide bonds. The molecule has 1 N–H and O–H groups in total. The maximum Gasteiger partial charge on any atom is 0.407 e. The topological polar surface area (TPSA) is 81.5 Å². The van der Waals surface area contributed by atoms with Crippen molar-refractivity contribution in [2.45, 2.75) is 44.2 Å². The fourth-order valence-corrected chi connectivity index (χ4v) is 2.47. The molecule has 0 saturated heterocycles. The van der Waals surface area contributed by atoms with E-state index in [9.17, 15) is 14.9 Å². The van der Waals surface area contributed by atoms with Gasteiger partial charge in [-0.2, -0.15) is 0 Å². The quantitative estimate of drug-likeness (QED) is 0.510. The molecule has 6 nitrogen and oxygen atoms in total. The minimum atomic E-state index is -0.546. The van der Waals surface area contributed by atoms with E-state index in [4.69, 9.17) is 4.74 Å². The van der Waals surface area contributed by atoms with Crippen LogP contribution in [-0.2, 0) is 4.74 Å². The van der Waals surface area contributed by atoms with E-state index in [-0.39, 0.29) is 11.7 Å². The molecule has 0 fully saturated rings. The fourth-order valence-electron chi connectivity index (χ4n) is 1.50. The third-order valence-electron chi connectivity index (χ3n) is 2.31. The second-order valence-electron chi connectivity index (χ2n) is 5.58. The number of carbonyl (C=O) groups excluding carboxylic acids is 1. The molecular weight excluding hydrogens is 292 g/mol. The van der Waals surface area contributed by atoms with E-state index in [0.717, 1.165) is 0 Å². The minimum absolute atomic E-state index is 0.0759. The first-order chi connectivity index (χ1) is 9.69. The highest BCUT2D eigenvalue weighted by Gasteiger charge is 2.19. The van der Waals surface area contributed by atoms with Gasteiger partial charge in [-0.25, -0.2) is 4.79 Å². The van der Waals surface area contributed by atoms with Gasteiger partial charge in [-0.05, 0) is 33.8 Å². The SMILES string of the molecule is C[C@H](CSc1ccccc1[N+](=O)[O-])NC(=O)OC(C)(C)C. The molecule has 1 aromatic carbocycles. The monoisotopic (exact) mass is 312 g/mol. The number of nitro groups is 1. The van der Waals surface area contributed by atoms with Crippen molar-refractivity contribution in [1.29, 1.82) is 0 Å². The molecule has 0 aliphatic rings. The number of ether oxygens (including phenoxy) is 1. The van der Waals surface area contributed by atoms with Gasteiger partial charge in [-0.15, -0.1) is 11.8 Å². The Morgan fingerprint density at radius 1 is 1.43 bits per heavy atom. The highest BCUT2D eigenvalue weighted by atomic mass is 32.2. The molecule has 0 aliphatic carbocycles. The number of carbonyl (C=O) groups is 1. The smallest absolute Gasteiger partial charge is 0.407 e. The summed E-state index contributed by atoms with van der Waals surface area (Å²) in [6, 6.07) is 6.38. The summed E-state index contributed by atoms with van der Waals surface area (Å²) < 4.78 is 5.15. The Morgan fingerprint density at radius 3 is 2.62 bits per heavy atom. The Kier molecular flexibility index (Phi) is 6.02. The van der Waals surface area contributed by atoms with Gasteiger partial charge in [-0.1, -0.05) is 12.1 Å². The standard InChI is InChI=1S/C14H20N2O4S/c1-10(15-13(17)20-14(2,3)4)9-21-12-8-6-5-7-11(12)16(18)19/h5-8,10H,9H2,1-4H3,(H,15,17)/t10-/m1/s1. The van der Waals surface area contributed by atoms with Crippen molar-refractivity contribution >= 4 is 23.5 Å². The molecule has 0 radical (unpaired) electrons. The molecule has 0 aromatic heterocycles. The highest BCUT2D eigenvalue weighted by molar-refractivity contribution is 7.99. The van der Waals surface area contributed by atoms with Gasteiger partial charge in [0, 0.05) is 17.9 Å². The van der Waals surface area contributed by atoms with Gasteiger partial charge in [0.25, 0.3) is 5.69 Å². The van der Waals surface area contributed by atoms with Gasteiger partial charge >= 0.3 is 6.09 Å². The van der Waals surface area contributed by atoms with Crippen LogP contribution in [0.5, 0.6) is 0 Å². The Balaban J connectivity index is 2.52. The van der Waals surface area contributed by atoms with Crippen LogP contribution in [0.3, 0.4) is 0 Å². The molecule has 0 bridgehead atoms. The second kappa shape index (κ2) is 7.31. The predicted molar refractivity (Wildman–Crippen MR) is 82.7 cm³/mol. The number of hydrogen-bond donors (Lipinski definition) is 1. The van der Waals surface area contributed by atoms with Crippen molar-refractivity contribution in [3.63, 3.8) is 0 Å². The fraction of sp³-hybridized carbons (Fsp3) is 0.500. The van der Waals surface area contributed by atoms with E-state index in [2.05, 4.69) is 5.32 Å². The van der Waals surface area contributed by atoms with Gasteiger partial charge in [0.05, 0.1) is 9.82 Å². The van der Waals surface area contributed by atoms with E-state index in [1.807, 2.05) is 6.92 Å². The molecule has 0 saturated carbocycles. The third kappa shape index (κ3) is 6.48. The highest BCUT2D eigenvalue weighted by Crippen LogP contribution is 2.28. The van der Waals surface area contributed by atoms with Crippen LogP contribution < -0.4 is 5.32 Å². The van der Waals surface area contributed by atoms with Gasteiger partial charge in [0.2, 0.25) is 0 Å². The predicted octanol–water partition coefficient (Wildman–Crippen LogP) is 3.60. The maximum atomic E-state index is 11.6. The molecule has 0 unspecified atom stereocenters. The van der Waals surface area contributed by atoms with Crippen molar-refractivity contribution in [3.8, 4) is 0 Å². The van der Waals surface area contributed by atoms with Crippen LogP contribution in [0, 0.1) is 10.1 Å².